The average molecular weight is 416 g/mol. The zero-order valence-corrected chi connectivity index (χ0v) is 18.6. The monoisotopic (exact) mass is 415 g/mol. The van der Waals surface area contributed by atoms with Crippen molar-refractivity contribution in [3.05, 3.63) is 52.8 Å². The summed E-state index contributed by atoms with van der Waals surface area (Å²) in [4.78, 5) is 20.1. The lowest BCUT2D eigenvalue weighted by molar-refractivity contribution is -0.128. The van der Waals surface area contributed by atoms with Crippen molar-refractivity contribution in [1.82, 2.24) is 9.88 Å². The van der Waals surface area contributed by atoms with E-state index in [0.29, 0.717) is 41.5 Å². The highest BCUT2D eigenvalue weighted by atomic mass is 35.5. The smallest absolute Gasteiger partial charge is 0.237 e. The number of rotatable bonds is 7. The van der Waals surface area contributed by atoms with Gasteiger partial charge in [0, 0.05) is 25.7 Å². The number of pyridine rings is 1. The Morgan fingerprint density at radius 3 is 2.59 bits per heavy atom. The fraction of sp³-hybridized carbons (Fsp3) is 0.478. The summed E-state index contributed by atoms with van der Waals surface area (Å²) < 4.78 is 5.38. The zero-order valence-electron chi connectivity index (χ0n) is 17.8. The molecule has 5 nitrogen and oxygen atoms in total. The molecule has 1 N–H and O–H groups in total. The maximum absolute atomic E-state index is 13.6. The number of aromatic nitrogens is 1. The predicted octanol–water partition coefficient (Wildman–Crippen LogP) is 4.72. The molecule has 2 heterocycles. The van der Waals surface area contributed by atoms with Gasteiger partial charge in [-0.2, -0.15) is 0 Å². The van der Waals surface area contributed by atoms with Crippen LogP contribution in [-0.2, 0) is 10.2 Å². The maximum Gasteiger partial charge on any atom is 0.237 e. The third-order valence-corrected chi connectivity index (χ3v) is 5.65. The molecule has 0 spiro atoms. The first-order valence-electron chi connectivity index (χ1n) is 10.1. The van der Waals surface area contributed by atoms with Crippen LogP contribution in [-0.4, -0.2) is 42.5 Å². The van der Waals surface area contributed by atoms with Crippen LogP contribution in [0.25, 0.3) is 0 Å². The van der Waals surface area contributed by atoms with Crippen LogP contribution in [0.4, 0.5) is 5.69 Å². The van der Waals surface area contributed by atoms with Crippen LogP contribution >= 0.6 is 11.6 Å². The number of carbonyl (C=O) groups excluding carboxylic acids is 1. The number of ether oxygens (including phenoxy) is 1. The molecule has 1 saturated heterocycles. The van der Waals surface area contributed by atoms with Crippen molar-refractivity contribution in [3.8, 4) is 5.75 Å². The number of halogens is 1. The van der Waals surface area contributed by atoms with Gasteiger partial charge in [-0.05, 0) is 23.0 Å². The molecule has 29 heavy (non-hydrogen) atoms. The number of amides is 1. The number of hydrogen-bond acceptors (Lipinski definition) is 4. The zero-order chi connectivity index (χ0) is 21.2. The lowest BCUT2D eigenvalue weighted by Gasteiger charge is -2.50. The van der Waals surface area contributed by atoms with Gasteiger partial charge in [0.15, 0.2) is 0 Å². The fourth-order valence-corrected chi connectivity index (χ4v) is 4.30. The lowest BCUT2D eigenvalue weighted by Crippen LogP contribution is -2.65. The molecule has 3 rings (SSSR count). The predicted molar refractivity (Wildman–Crippen MR) is 118 cm³/mol. The van der Waals surface area contributed by atoms with Gasteiger partial charge in [0.25, 0.3) is 0 Å². The Morgan fingerprint density at radius 1 is 1.28 bits per heavy atom. The number of nitrogens with zero attached hydrogens (tertiary/aromatic N) is 2. The maximum atomic E-state index is 13.6. The van der Waals surface area contributed by atoms with Crippen molar-refractivity contribution in [3.63, 3.8) is 0 Å². The number of anilines is 1. The van der Waals surface area contributed by atoms with Gasteiger partial charge in [0.2, 0.25) is 5.91 Å². The van der Waals surface area contributed by atoms with Crippen molar-refractivity contribution < 1.29 is 9.53 Å². The minimum absolute atomic E-state index is 0.0342. The summed E-state index contributed by atoms with van der Waals surface area (Å²) in [5, 5.41) is 3.38. The molecule has 0 unspecified atom stereocenters. The molecule has 0 aliphatic carbocycles. The summed E-state index contributed by atoms with van der Waals surface area (Å²) in [5.41, 5.74) is 2.26. The Hall–Kier alpha value is -2.11. The molecule has 1 aliphatic rings. The molecule has 156 valence electrons. The number of likely N-dealkylation sites (tertiary alicyclic amines) is 1. The lowest BCUT2D eigenvalue weighted by atomic mass is 9.69. The normalized spacial score (nSPS) is 16.0. The number of nitrogens with one attached hydrogen (secondary N) is 1. The Labute approximate surface area is 178 Å². The van der Waals surface area contributed by atoms with Crippen LogP contribution < -0.4 is 10.1 Å². The summed E-state index contributed by atoms with van der Waals surface area (Å²) in [7, 11) is 1.55. The summed E-state index contributed by atoms with van der Waals surface area (Å²) >= 11 is 5.97. The Kier molecular flexibility index (Phi) is 6.49. The third-order valence-electron chi connectivity index (χ3n) is 5.44. The standard InChI is InChI=1S/C23H30ClN3O2/c1-15(2)12-27-13-23(14-27,18-9-7-6-8-17(18)16(3)4)22(28)26-19-11-25-21(24)10-20(19)29-5/h6-11,15-16H,12-14H2,1-5H3,(H,26,28). The van der Waals surface area contributed by atoms with E-state index in [9.17, 15) is 4.79 Å². The van der Waals surface area contributed by atoms with Crippen LogP contribution in [0.1, 0.15) is 44.7 Å². The summed E-state index contributed by atoms with van der Waals surface area (Å²) in [6.07, 6.45) is 1.55. The van der Waals surface area contributed by atoms with Crippen LogP contribution in [0, 0.1) is 5.92 Å². The van der Waals surface area contributed by atoms with E-state index >= 15 is 0 Å². The third kappa shape index (κ3) is 4.41. The van der Waals surface area contributed by atoms with Gasteiger partial charge in [-0.3, -0.25) is 4.79 Å². The number of methoxy groups -OCH3 is 1. The molecule has 0 saturated carbocycles. The second kappa shape index (κ2) is 8.72. The molecule has 1 aromatic carbocycles. The van der Waals surface area contributed by atoms with E-state index in [2.05, 4.69) is 55.0 Å². The minimum atomic E-state index is -0.597. The topological polar surface area (TPSA) is 54.5 Å². The van der Waals surface area contributed by atoms with Crippen LogP contribution in [0.5, 0.6) is 5.75 Å². The quantitative estimate of drug-likeness (QED) is 0.665. The van der Waals surface area contributed by atoms with Gasteiger partial charge in [0.05, 0.1) is 18.7 Å². The number of hydrogen-bond donors (Lipinski definition) is 1. The van der Waals surface area contributed by atoms with E-state index < -0.39 is 5.41 Å². The second-order valence-electron chi connectivity index (χ2n) is 8.55. The van der Waals surface area contributed by atoms with E-state index in [1.165, 1.54) is 5.56 Å². The van der Waals surface area contributed by atoms with Gasteiger partial charge >= 0.3 is 0 Å². The summed E-state index contributed by atoms with van der Waals surface area (Å²) in [6, 6.07) is 9.90. The molecule has 6 heteroatoms. The van der Waals surface area contributed by atoms with Crippen molar-refractivity contribution in [2.24, 2.45) is 5.92 Å². The van der Waals surface area contributed by atoms with E-state index in [4.69, 9.17) is 16.3 Å². The fourth-order valence-electron chi connectivity index (χ4n) is 4.15. The van der Waals surface area contributed by atoms with Gasteiger partial charge in [0.1, 0.15) is 16.6 Å². The Morgan fingerprint density at radius 2 is 1.97 bits per heavy atom. The first-order valence-corrected chi connectivity index (χ1v) is 10.5. The highest BCUT2D eigenvalue weighted by Gasteiger charge is 2.51. The van der Waals surface area contributed by atoms with Crippen LogP contribution in [0.2, 0.25) is 5.15 Å². The van der Waals surface area contributed by atoms with Crippen molar-refractivity contribution in [2.75, 3.05) is 32.1 Å². The first kappa shape index (κ1) is 21.6. The summed E-state index contributed by atoms with van der Waals surface area (Å²) in [5.74, 6) is 1.36. The van der Waals surface area contributed by atoms with Gasteiger partial charge in [-0.1, -0.05) is 63.6 Å². The molecule has 1 amide bonds. The Bertz CT molecular complexity index is 876. The molecule has 0 atom stereocenters. The van der Waals surface area contributed by atoms with Crippen molar-refractivity contribution >= 4 is 23.2 Å². The van der Waals surface area contributed by atoms with Crippen molar-refractivity contribution in [2.45, 2.75) is 39.0 Å². The second-order valence-corrected chi connectivity index (χ2v) is 8.94. The Balaban J connectivity index is 1.96. The minimum Gasteiger partial charge on any atom is -0.494 e. The summed E-state index contributed by atoms with van der Waals surface area (Å²) in [6.45, 7) is 11.1. The van der Waals surface area contributed by atoms with E-state index in [1.54, 1.807) is 19.4 Å². The highest BCUT2D eigenvalue weighted by Crippen LogP contribution is 2.40. The molecule has 2 aromatic rings. The molecule has 1 aliphatic heterocycles. The van der Waals surface area contributed by atoms with E-state index in [-0.39, 0.29) is 5.91 Å². The largest absolute Gasteiger partial charge is 0.494 e. The number of benzene rings is 1. The average Bonchev–Trinajstić information content (AvgIpc) is 2.65. The first-order chi connectivity index (χ1) is 13.8. The molecular formula is C23H30ClN3O2. The van der Waals surface area contributed by atoms with Crippen LogP contribution in [0.15, 0.2) is 36.5 Å². The highest BCUT2D eigenvalue weighted by molar-refractivity contribution is 6.29. The molecule has 1 fully saturated rings. The van der Waals surface area contributed by atoms with Crippen molar-refractivity contribution in [1.29, 1.82) is 0 Å². The SMILES string of the molecule is COc1cc(Cl)ncc1NC(=O)C1(c2ccccc2C(C)C)CN(CC(C)C)C1. The molecule has 0 radical (unpaired) electrons. The van der Waals surface area contributed by atoms with Gasteiger partial charge < -0.3 is 15.0 Å². The van der Waals surface area contributed by atoms with E-state index in [0.717, 1.165) is 12.1 Å². The van der Waals surface area contributed by atoms with Crippen LogP contribution in [0.3, 0.4) is 0 Å². The van der Waals surface area contributed by atoms with E-state index in [1.807, 2.05) is 12.1 Å². The van der Waals surface area contributed by atoms with Gasteiger partial charge in [-0.25, -0.2) is 4.98 Å². The number of carbonyl (C=O) groups is 1. The molecule has 0 bridgehead atoms. The van der Waals surface area contributed by atoms with Gasteiger partial charge in [-0.15, -0.1) is 0 Å². The molecule has 1 aromatic heterocycles. The molecular weight excluding hydrogens is 386 g/mol.